The number of esters is 1. The zero-order chi connectivity index (χ0) is 12.8. The molecule has 1 atom stereocenters. The van der Waals surface area contributed by atoms with Crippen LogP contribution in [-0.2, 0) is 9.59 Å². The molecule has 0 amide bonds. The molecule has 1 aromatic carbocycles. The van der Waals surface area contributed by atoms with Gasteiger partial charge in [-0.05, 0) is 12.5 Å². The number of aldehydes is 1. The Kier molecular flexibility index (Phi) is 4.33. The van der Waals surface area contributed by atoms with Crippen LogP contribution in [0.1, 0.15) is 13.3 Å². The standard InChI is InChI=1S/C11H11NO5/c1-2-8(7-13)11(14)17-10-5-3-4-9(6-10)12(15)16/h3-8H,2H2,1H3. The molecule has 0 heterocycles. The van der Waals surface area contributed by atoms with E-state index in [2.05, 4.69) is 0 Å². The van der Waals surface area contributed by atoms with Crippen LogP contribution < -0.4 is 4.74 Å². The number of ether oxygens (including phenoxy) is 1. The van der Waals surface area contributed by atoms with Gasteiger partial charge in [0.1, 0.15) is 18.0 Å². The summed E-state index contributed by atoms with van der Waals surface area (Å²) in [7, 11) is 0. The predicted octanol–water partition coefficient (Wildman–Crippen LogP) is 1.73. The van der Waals surface area contributed by atoms with Crippen LogP contribution in [0.3, 0.4) is 0 Å². The molecule has 0 aliphatic rings. The summed E-state index contributed by atoms with van der Waals surface area (Å²) in [5.41, 5.74) is -0.172. The molecule has 0 fully saturated rings. The number of rotatable bonds is 5. The zero-order valence-corrected chi connectivity index (χ0v) is 9.16. The van der Waals surface area contributed by atoms with Gasteiger partial charge in [0.25, 0.3) is 5.69 Å². The summed E-state index contributed by atoms with van der Waals surface area (Å²) >= 11 is 0. The van der Waals surface area contributed by atoms with Gasteiger partial charge in [0.2, 0.25) is 0 Å². The van der Waals surface area contributed by atoms with Crippen LogP contribution in [0, 0.1) is 16.0 Å². The van der Waals surface area contributed by atoms with Crippen LogP contribution in [0.5, 0.6) is 5.75 Å². The van der Waals surface area contributed by atoms with Gasteiger partial charge in [-0.15, -0.1) is 0 Å². The number of nitro benzene ring substituents is 1. The second-order valence-electron chi connectivity index (χ2n) is 3.33. The van der Waals surface area contributed by atoms with Crippen molar-refractivity contribution in [3.8, 4) is 5.75 Å². The summed E-state index contributed by atoms with van der Waals surface area (Å²) in [6, 6.07) is 5.24. The number of benzene rings is 1. The van der Waals surface area contributed by atoms with Gasteiger partial charge in [-0.2, -0.15) is 0 Å². The fraction of sp³-hybridized carbons (Fsp3) is 0.273. The van der Waals surface area contributed by atoms with Crippen molar-refractivity contribution in [3.05, 3.63) is 34.4 Å². The van der Waals surface area contributed by atoms with E-state index in [1.165, 1.54) is 18.2 Å². The van der Waals surface area contributed by atoms with Gasteiger partial charge < -0.3 is 9.53 Å². The molecule has 17 heavy (non-hydrogen) atoms. The highest BCUT2D eigenvalue weighted by Gasteiger charge is 2.18. The van der Waals surface area contributed by atoms with Crippen molar-refractivity contribution >= 4 is 17.9 Å². The molecule has 6 nitrogen and oxygen atoms in total. The molecule has 1 aromatic rings. The molecule has 0 bridgehead atoms. The summed E-state index contributed by atoms with van der Waals surface area (Å²) in [5.74, 6) is -1.48. The Morgan fingerprint density at radius 2 is 2.29 bits per heavy atom. The largest absolute Gasteiger partial charge is 0.426 e. The number of carbonyl (C=O) groups excluding carboxylic acids is 2. The number of carbonyl (C=O) groups is 2. The first kappa shape index (κ1) is 12.8. The molecule has 1 rings (SSSR count). The molecule has 0 spiro atoms. The summed E-state index contributed by atoms with van der Waals surface area (Å²) in [6.07, 6.45) is 0.830. The molecule has 0 saturated heterocycles. The first-order valence-corrected chi connectivity index (χ1v) is 5.00. The maximum atomic E-state index is 11.4. The summed E-state index contributed by atoms with van der Waals surface area (Å²) in [5, 5.41) is 10.5. The quantitative estimate of drug-likeness (QED) is 0.194. The van der Waals surface area contributed by atoms with E-state index in [1.807, 2.05) is 0 Å². The van der Waals surface area contributed by atoms with Crippen molar-refractivity contribution in [1.82, 2.24) is 0 Å². The van der Waals surface area contributed by atoms with Crippen LogP contribution >= 0.6 is 0 Å². The molecular weight excluding hydrogens is 226 g/mol. The molecule has 90 valence electrons. The first-order chi connectivity index (χ1) is 8.08. The Morgan fingerprint density at radius 1 is 1.59 bits per heavy atom. The molecule has 0 N–H and O–H groups in total. The van der Waals surface area contributed by atoms with Crippen molar-refractivity contribution in [2.75, 3.05) is 0 Å². The lowest BCUT2D eigenvalue weighted by Gasteiger charge is -2.07. The highest BCUT2D eigenvalue weighted by molar-refractivity contribution is 5.89. The molecule has 0 aliphatic heterocycles. The lowest BCUT2D eigenvalue weighted by atomic mass is 10.1. The second-order valence-corrected chi connectivity index (χ2v) is 3.33. The molecule has 0 aromatic heterocycles. The lowest BCUT2D eigenvalue weighted by Crippen LogP contribution is -2.20. The average Bonchev–Trinajstić information content (AvgIpc) is 2.30. The number of non-ortho nitro benzene ring substituents is 1. The van der Waals surface area contributed by atoms with Crippen molar-refractivity contribution in [2.24, 2.45) is 5.92 Å². The summed E-state index contributed by atoms with van der Waals surface area (Å²) < 4.78 is 4.87. The fourth-order valence-corrected chi connectivity index (χ4v) is 1.17. The first-order valence-electron chi connectivity index (χ1n) is 5.00. The number of hydrogen-bond acceptors (Lipinski definition) is 5. The van der Waals surface area contributed by atoms with E-state index < -0.39 is 16.8 Å². The smallest absolute Gasteiger partial charge is 0.321 e. The lowest BCUT2D eigenvalue weighted by molar-refractivity contribution is -0.384. The van der Waals surface area contributed by atoms with Gasteiger partial charge in [0.15, 0.2) is 0 Å². The zero-order valence-electron chi connectivity index (χ0n) is 9.16. The summed E-state index contributed by atoms with van der Waals surface area (Å²) in [6.45, 7) is 1.67. The molecule has 0 radical (unpaired) electrons. The molecule has 0 saturated carbocycles. The Balaban J connectivity index is 2.81. The maximum absolute atomic E-state index is 11.4. The predicted molar refractivity (Wildman–Crippen MR) is 58.6 cm³/mol. The van der Waals surface area contributed by atoms with Crippen molar-refractivity contribution in [2.45, 2.75) is 13.3 Å². The minimum absolute atomic E-state index is 0.0597. The molecule has 0 aliphatic carbocycles. The van der Waals surface area contributed by atoms with E-state index >= 15 is 0 Å². The number of nitrogens with zero attached hydrogens (tertiary/aromatic N) is 1. The minimum atomic E-state index is -0.839. The van der Waals surface area contributed by atoms with Crippen LogP contribution in [-0.4, -0.2) is 17.2 Å². The highest BCUT2D eigenvalue weighted by Crippen LogP contribution is 2.20. The third kappa shape index (κ3) is 3.37. The molecular formula is C11H11NO5. The van der Waals surface area contributed by atoms with E-state index in [9.17, 15) is 19.7 Å². The topological polar surface area (TPSA) is 86.5 Å². The van der Waals surface area contributed by atoms with Gasteiger partial charge in [0, 0.05) is 6.07 Å². The van der Waals surface area contributed by atoms with Crippen LogP contribution in [0.15, 0.2) is 24.3 Å². The summed E-state index contributed by atoms with van der Waals surface area (Å²) in [4.78, 5) is 31.9. The Hall–Kier alpha value is -2.24. The normalized spacial score (nSPS) is 11.6. The average molecular weight is 237 g/mol. The number of nitro groups is 1. The van der Waals surface area contributed by atoms with Gasteiger partial charge in [-0.25, -0.2) is 0 Å². The minimum Gasteiger partial charge on any atom is -0.426 e. The Bertz CT molecular complexity index is 443. The van der Waals surface area contributed by atoms with Crippen LogP contribution in [0.2, 0.25) is 0 Å². The van der Waals surface area contributed by atoms with E-state index in [-0.39, 0.29) is 11.4 Å². The maximum Gasteiger partial charge on any atom is 0.321 e. The SMILES string of the molecule is CCC(C=O)C(=O)Oc1cccc([N+](=O)[O-])c1. The van der Waals surface area contributed by atoms with E-state index in [0.717, 1.165) is 6.07 Å². The molecule has 1 unspecified atom stereocenters. The van der Waals surface area contributed by atoms with E-state index in [0.29, 0.717) is 12.7 Å². The second kappa shape index (κ2) is 5.74. The fourth-order valence-electron chi connectivity index (χ4n) is 1.17. The number of hydrogen-bond donors (Lipinski definition) is 0. The van der Waals surface area contributed by atoms with Gasteiger partial charge in [-0.3, -0.25) is 14.9 Å². The van der Waals surface area contributed by atoms with E-state index in [1.54, 1.807) is 6.92 Å². The van der Waals surface area contributed by atoms with E-state index in [4.69, 9.17) is 4.74 Å². The third-order valence-electron chi connectivity index (χ3n) is 2.15. The van der Waals surface area contributed by atoms with Crippen molar-refractivity contribution < 1.29 is 19.2 Å². The van der Waals surface area contributed by atoms with Crippen molar-refractivity contribution in [1.29, 1.82) is 0 Å². The highest BCUT2D eigenvalue weighted by atomic mass is 16.6. The van der Waals surface area contributed by atoms with Gasteiger partial charge >= 0.3 is 5.97 Å². The van der Waals surface area contributed by atoms with Gasteiger partial charge in [-0.1, -0.05) is 13.0 Å². The Labute approximate surface area is 97.3 Å². The monoisotopic (exact) mass is 237 g/mol. The van der Waals surface area contributed by atoms with Crippen LogP contribution in [0.4, 0.5) is 5.69 Å². The van der Waals surface area contributed by atoms with Crippen molar-refractivity contribution in [3.63, 3.8) is 0 Å². The van der Waals surface area contributed by atoms with Gasteiger partial charge in [0.05, 0.1) is 11.0 Å². The van der Waals surface area contributed by atoms with Crippen LogP contribution in [0.25, 0.3) is 0 Å². The Morgan fingerprint density at radius 3 is 2.82 bits per heavy atom. The molecule has 6 heteroatoms. The third-order valence-corrected chi connectivity index (χ3v) is 2.15.